The molecule has 0 aliphatic rings. The summed E-state index contributed by atoms with van der Waals surface area (Å²) in [7, 11) is 2.00. The first kappa shape index (κ1) is 24.0. The Kier molecular flexibility index (Phi) is 548. The SMILES string of the molecule is C=C[CH2-].CO.CO.[Ti]. The molecular weight excluding hydrogens is 140 g/mol. The summed E-state index contributed by atoms with van der Waals surface area (Å²) in [5.41, 5.74) is 0. The molecule has 2 N–H and O–H groups in total. The van der Waals surface area contributed by atoms with Crippen molar-refractivity contribution in [3.63, 3.8) is 0 Å². The number of rotatable bonds is 0. The van der Waals surface area contributed by atoms with Crippen molar-refractivity contribution in [2.75, 3.05) is 14.2 Å². The van der Waals surface area contributed by atoms with Crippen LogP contribution < -0.4 is 0 Å². The Morgan fingerprint density at radius 3 is 1.25 bits per heavy atom. The van der Waals surface area contributed by atoms with Gasteiger partial charge < -0.3 is 10.2 Å². The van der Waals surface area contributed by atoms with E-state index in [4.69, 9.17) is 10.2 Å². The normalized spacial score (nSPS) is 3.00. The third-order valence-corrected chi connectivity index (χ3v) is 0. The molecule has 0 aliphatic carbocycles. The minimum atomic E-state index is 0. The van der Waals surface area contributed by atoms with Gasteiger partial charge in [-0.25, -0.2) is 19.6 Å². The van der Waals surface area contributed by atoms with Crippen LogP contribution in [0.2, 0.25) is 0 Å². The predicted octanol–water partition coefficient (Wildman–Crippen LogP) is 0.221. The van der Waals surface area contributed by atoms with Gasteiger partial charge in [0.05, 0.1) is 0 Å². The fourth-order valence-electron chi connectivity index (χ4n) is 0. The van der Waals surface area contributed by atoms with E-state index in [1.807, 2.05) is 0 Å². The van der Waals surface area contributed by atoms with Crippen molar-refractivity contribution in [2.45, 2.75) is 0 Å². The van der Waals surface area contributed by atoms with Crippen LogP contribution in [0.25, 0.3) is 0 Å². The van der Waals surface area contributed by atoms with E-state index < -0.39 is 0 Å². The minimum Gasteiger partial charge on any atom is -0.400 e. The predicted molar refractivity (Wildman–Crippen MR) is 31.8 cm³/mol. The molecule has 0 radical (unpaired) electrons. The van der Waals surface area contributed by atoms with Crippen LogP contribution in [-0.2, 0) is 21.7 Å². The van der Waals surface area contributed by atoms with Crippen LogP contribution in [0.3, 0.4) is 0 Å². The van der Waals surface area contributed by atoms with E-state index in [0.29, 0.717) is 0 Å². The van der Waals surface area contributed by atoms with Gasteiger partial charge in [-0.05, 0) is 0 Å². The summed E-state index contributed by atoms with van der Waals surface area (Å²) in [5, 5.41) is 14.0. The summed E-state index contributed by atoms with van der Waals surface area (Å²) in [5.74, 6) is 0. The molecule has 0 fully saturated rings. The quantitative estimate of drug-likeness (QED) is 0.386. The van der Waals surface area contributed by atoms with E-state index in [1.54, 1.807) is 0 Å². The summed E-state index contributed by atoms with van der Waals surface area (Å²) < 4.78 is 0. The average molecular weight is 153 g/mol. The topological polar surface area (TPSA) is 40.5 Å². The summed E-state index contributed by atoms with van der Waals surface area (Å²) >= 11 is 0. The van der Waals surface area contributed by atoms with Gasteiger partial charge in [0.15, 0.2) is 0 Å². The molecule has 0 amide bonds. The molecule has 0 aromatic rings. The van der Waals surface area contributed by atoms with Gasteiger partial charge in [-0.15, -0.1) is 0 Å². The van der Waals surface area contributed by atoms with E-state index in [1.165, 1.54) is 6.08 Å². The molecule has 50 valence electrons. The van der Waals surface area contributed by atoms with Crippen molar-refractivity contribution in [1.82, 2.24) is 0 Å². The Hall–Kier alpha value is 0.244. The first-order valence-corrected chi connectivity index (χ1v) is 1.71. The third kappa shape index (κ3) is 2880. The first-order chi connectivity index (χ1) is 3.41. The maximum absolute atomic E-state index is 7.00. The molecule has 0 unspecified atom stereocenters. The van der Waals surface area contributed by atoms with Crippen LogP contribution >= 0.6 is 0 Å². The van der Waals surface area contributed by atoms with Gasteiger partial charge in [0.25, 0.3) is 0 Å². The van der Waals surface area contributed by atoms with Crippen molar-refractivity contribution >= 4 is 0 Å². The second kappa shape index (κ2) is 182. The summed E-state index contributed by atoms with van der Waals surface area (Å²) in [4.78, 5) is 0. The van der Waals surface area contributed by atoms with Gasteiger partial charge in [-0.1, -0.05) is 0 Å². The largest absolute Gasteiger partial charge is 0.400 e. The van der Waals surface area contributed by atoms with Gasteiger partial charge in [-0.2, -0.15) is 0 Å². The van der Waals surface area contributed by atoms with Crippen molar-refractivity contribution in [3.05, 3.63) is 19.6 Å². The number of hydrogen-bond acceptors (Lipinski definition) is 2. The maximum Gasteiger partial charge on any atom is 0.0319 e. The molecule has 0 aromatic heterocycles. The standard InChI is InChI=1S/C3H5.2CH4O.Ti/c1-3-2;2*1-2;/h3H,1-2H2;2*2H,1H3;/q-1;;;. The second-order valence-electron chi connectivity index (χ2n) is 0.289. The minimum absolute atomic E-state index is 0. The van der Waals surface area contributed by atoms with E-state index in [-0.39, 0.29) is 21.7 Å². The molecule has 0 aliphatic heterocycles. The zero-order valence-electron chi connectivity index (χ0n) is 5.39. The van der Waals surface area contributed by atoms with Crippen LogP contribution in [0.4, 0.5) is 0 Å². The Morgan fingerprint density at radius 1 is 1.25 bits per heavy atom. The van der Waals surface area contributed by atoms with Crippen molar-refractivity contribution in [3.8, 4) is 0 Å². The Balaban J connectivity index is -0.0000000147. The molecule has 3 heteroatoms. The van der Waals surface area contributed by atoms with Crippen molar-refractivity contribution in [2.24, 2.45) is 0 Å². The Labute approximate surface area is 66.1 Å². The molecule has 0 saturated carbocycles. The molecule has 8 heavy (non-hydrogen) atoms. The van der Waals surface area contributed by atoms with E-state index in [2.05, 4.69) is 13.5 Å². The average Bonchev–Trinajstić information content (AvgIpc) is 1.78. The zero-order chi connectivity index (χ0) is 6.71. The molecule has 0 aromatic carbocycles. The third-order valence-electron chi connectivity index (χ3n) is 0. The Morgan fingerprint density at radius 2 is 1.25 bits per heavy atom. The molecule has 0 atom stereocenters. The van der Waals surface area contributed by atoms with Crippen LogP contribution in [0, 0.1) is 6.92 Å². The van der Waals surface area contributed by atoms with Crippen LogP contribution in [-0.4, -0.2) is 24.4 Å². The zero-order valence-corrected chi connectivity index (χ0v) is 6.95. The number of hydrogen-bond donors (Lipinski definition) is 2. The summed E-state index contributed by atoms with van der Waals surface area (Å²) in [6.45, 7) is 6.50. The number of aliphatic hydroxyl groups excluding tert-OH is 2. The van der Waals surface area contributed by atoms with E-state index in [9.17, 15) is 0 Å². The van der Waals surface area contributed by atoms with E-state index in [0.717, 1.165) is 14.2 Å². The number of allylic oxidation sites excluding steroid dienone is 1. The molecule has 0 bridgehead atoms. The first-order valence-electron chi connectivity index (χ1n) is 1.71. The van der Waals surface area contributed by atoms with Crippen LogP contribution in [0.15, 0.2) is 12.7 Å². The maximum atomic E-state index is 7.00. The summed E-state index contributed by atoms with van der Waals surface area (Å²) in [6.07, 6.45) is 1.50. The van der Waals surface area contributed by atoms with Crippen LogP contribution in [0.5, 0.6) is 0 Å². The smallest absolute Gasteiger partial charge is 0.0319 e. The molecule has 0 spiro atoms. The van der Waals surface area contributed by atoms with Gasteiger partial charge in [-0.3, -0.25) is 0 Å². The fraction of sp³-hybridized carbons (Fsp3) is 0.400. The summed E-state index contributed by atoms with van der Waals surface area (Å²) in [6, 6.07) is 0. The van der Waals surface area contributed by atoms with Crippen molar-refractivity contribution in [1.29, 1.82) is 0 Å². The van der Waals surface area contributed by atoms with E-state index >= 15 is 0 Å². The second-order valence-corrected chi connectivity index (χ2v) is 0.289. The van der Waals surface area contributed by atoms with Gasteiger partial charge in [0, 0.05) is 35.9 Å². The molecule has 0 rings (SSSR count). The molecular formula is C5H13O2Ti-. The van der Waals surface area contributed by atoms with Crippen molar-refractivity contribution < 1.29 is 31.9 Å². The molecule has 0 saturated heterocycles. The fourth-order valence-corrected chi connectivity index (χ4v) is 0. The number of aliphatic hydroxyl groups is 2. The van der Waals surface area contributed by atoms with Gasteiger partial charge in [0.2, 0.25) is 0 Å². The Bertz CT molecular complexity index is 17.9. The van der Waals surface area contributed by atoms with Gasteiger partial charge in [0.1, 0.15) is 0 Å². The van der Waals surface area contributed by atoms with Crippen LogP contribution in [0.1, 0.15) is 0 Å². The van der Waals surface area contributed by atoms with Gasteiger partial charge >= 0.3 is 0 Å². The molecule has 2 nitrogen and oxygen atoms in total. The molecule has 0 heterocycles. The monoisotopic (exact) mass is 153 g/mol.